The highest BCUT2D eigenvalue weighted by molar-refractivity contribution is 5.83. The zero-order valence-electron chi connectivity index (χ0n) is 21.9. The molecule has 35 heavy (non-hydrogen) atoms. The molecule has 3 unspecified atom stereocenters. The van der Waals surface area contributed by atoms with Gasteiger partial charge in [-0.25, -0.2) is 4.79 Å². The van der Waals surface area contributed by atoms with E-state index in [1.54, 1.807) is 6.92 Å². The third-order valence-corrected chi connectivity index (χ3v) is 11.4. The lowest BCUT2D eigenvalue weighted by Crippen LogP contribution is -2.62. The molecule has 1 amide bonds. The predicted octanol–water partition coefficient (Wildman–Crippen LogP) is 3.34. The summed E-state index contributed by atoms with van der Waals surface area (Å²) in [5, 5.41) is 45.1. The maximum absolute atomic E-state index is 12.4. The Morgan fingerprint density at radius 1 is 1.03 bits per heavy atom. The van der Waals surface area contributed by atoms with E-state index in [-0.39, 0.29) is 65.0 Å². The van der Waals surface area contributed by atoms with Gasteiger partial charge in [-0.15, -0.1) is 0 Å². The Balaban J connectivity index is 1.47. The average Bonchev–Trinajstić information content (AvgIpc) is 3.16. The zero-order chi connectivity index (χ0) is 25.7. The molecule has 200 valence electrons. The molecular weight excluding hydrogens is 446 g/mol. The summed E-state index contributed by atoms with van der Waals surface area (Å²) in [7, 11) is 0. The molecule has 0 bridgehead atoms. The van der Waals surface area contributed by atoms with Crippen molar-refractivity contribution >= 4 is 11.9 Å². The van der Waals surface area contributed by atoms with E-state index in [9.17, 15) is 30.0 Å². The van der Waals surface area contributed by atoms with E-state index in [1.165, 1.54) is 0 Å². The van der Waals surface area contributed by atoms with E-state index in [0.29, 0.717) is 25.2 Å². The maximum atomic E-state index is 12.4. The Morgan fingerprint density at radius 2 is 1.74 bits per heavy atom. The number of amides is 1. The quantitative estimate of drug-likeness (QED) is 0.370. The predicted molar refractivity (Wildman–Crippen MR) is 132 cm³/mol. The van der Waals surface area contributed by atoms with Crippen molar-refractivity contribution < 1.29 is 30.0 Å². The second-order valence-corrected chi connectivity index (χ2v) is 12.9. The Hall–Kier alpha value is -1.18. The summed E-state index contributed by atoms with van der Waals surface area (Å²) in [4.78, 5) is 23.7. The standard InChI is InChI=1S/C28H47NO6/c1-5-21(26(34)35)29-24(33)9-6-15(2)18-7-8-19-25-20(14-23(32)28(18,19)4)27(3)11-10-17(30)12-16(27)13-22(25)31/h15-23,25,30-32H,5-14H2,1-4H3,(H,29,33)(H,34,35)/t15-,16+,17-,18-,19?,20?,21+,22-,23+,25?,27+,28-/m1/s1. The monoisotopic (exact) mass is 493 g/mol. The van der Waals surface area contributed by atoms with Gasteiger partial charge in [-0.2, -0.15) is 0 Å². The SMILES string of the molecule is CC[C@H](NC(=O)CC[C@@H](C)[C@H]1CCC2C3C(C[C@H](O)[C@@]21C)[C@@]1(C)CC[C@@H](O)C[C@H]1C[C@H]3O)C(=O)O. The molecule has 0 aromatic rings. The number of carboxylic acid groups (broad SMARTS) is 1. The summed E-state index contributed by atoms with van der Waals surface area (Å²) in [5.41, 5.74) is -0.227. The van der Waals surface area contributed by atoms with Crippen molar-refractivity contribution in [2.24, 2.45) is 46.3 Å². The topological polar surface area (TPSA) is 127 Å². The number of fused-ring (bicyclic) bond motifs is 5. The molecule has 4 aliphatic rings. The summed E-state index contributed by atoms with van der Waals surface area (Å²) >= 11 is 0. The normalized spacial score (nSPS) is 46.6. The van der Waals surface area contributed by atoms with Gasteiger partial charge < -0.3 is 25.7 Å². The molecule has 0 aromatic heterocycles. The van der Waals surface area contributed by atoms with E-state index < -0.39 is 18.1 Å². The van der Waals surface area contributed by atoms with Gasteiger partial charge in [0.1, 0.15) is 6.04 Å². The van der Waals surface area contributed by atoms with Gasteiger partial charge in [0, 0.05) is 6.42 Å². The Morgan fingerprint density at radius 3 is 2.40 bits per heavy atom. The molecule has 0 aliphatic heterocycles. The molecule has 4 fully saturated rings. The van der Waals surface area contributed by atoms with Crippen molar-refractivity contribution in [3.8, 4) is 0 Å². The van der Waals surface area contributed by atoms with Crippen LogP contribution >= 0.6 is 0 Å². The second-order valence-electron chi connectivity index (χ2n) is 12.9. The van der Waals surface area contributed by atoms with Crippen LogP contribution in [0, 0.1) is 46.3 Å². The number of carboxylic acids is 1. The van der Waals surface area contributed by atoms with Gasteiger partial charge in [-0.05, 0) is 104 Å². The molecule has 4 saturated carbocycles. The molecule has 12 atom stereocenters. The van der Waals surface area contributed by atoms with E-state index in [4.69, 9.17) is 0 Å². The van der Waals surface area contributed by atoms with Gasteiger partial charge in [0.25, 0.3) is 0 Å². The summed E-state index contributed by atoms with van der Waals surface area (Å²) < 4.78 is 0. The van der Waals surface area contributed by atoms with Crippen LogP contribution < -0.4 is 5.32 Å². The fraction of sp³-hybridized carbons (Fsp3) is 0.929. The number of aliphatic hydroxyl groups is 3. The highest BCUT2D eigenvalue weighted by atomic mass is 16.4. The first kappa shape index (κ1) is 26.9. The molecule has 5 N–H and O–H groups in total. The van der Waals surface area contributed by atoms with E-state index in [2.05, 4.69) is 26.1 Å². The lowest BCUT2D eigenvalue weighted by atomic mass is 9.43. The molecular formula is C28H47NO6. The van der Waals surface area contributed by atoms with Crippen molar-refractivity contribution in [2.45, 2.75) is 116 Å². The number of carbonyl (C=O) groups excluding carboxylic acids is 1. The van der Waals surface area contributed by atoms with Gasteiger partial charge in [-0.1, -0.05) is 27.7 Å². The molecule has 0 radical (unpaired) electrons. The van der Waals surface area contributed by atoms with E-state index in [1.807, 2.05) is 0 Å². The smallest absolute Gasteiger partial charge is 0.326 e. The Labute approximate surface area is 210 Å². The van der Waals surface area contributed by atoms with Crippen LogP contribution in [0.1, 0.15) is 91.9 Å². The Kier molecular flexibility index (Phi) is 7.63. The van der Waals surface area contributed by atoms with Crippen LogP contribution in [0.5, 0.6) is 0 Å². The molecule has 0 heterocycles. The van der Waals surface area contributed by atoms with Crippen LogP contribution in [0.15, 0.2) is 0 Å². The van der Waals surface area contributed by atoms with Gasteiger partial charge >= 0.3 is 5.97 Å². The molecule has 0 aromatic carbocycles. The van der Waals surface area contributed by atoms with Crippen molar-refractivity contribution in [2.75, 3.05) is 0 Å². The number of hydrogen-bond acceptors (Lipinski definition) is 5. The number of carbonyl (C=O) groups is 2. The Bertz CT molecular complexity index is 804. The van der Waals surface area contributed by atoms with Gasteiger partial charge in [-0.3, -0.25) is 4.79 Å². The third kappa shape index (κ3) is 4.54. The molecule has 7 nitrogen and oxygen atoms in total. The molecule has 4 rings (SSSR count). The summed E-state index contributed by atoms with van der Waals surface area (Å²) in [5.74, 6) is 0.287. The van der Waals surface area contributed by atoms with E-state index >= 15 is 0 Å². The van der Waals surface area contributed by atoms with Crippen LogP contribution in [0.3, 0.4) is 0 Å². The molecule has 0 spiro atoms. The highest BCUT2D eigenvalue weighted by Crippen LogP contribution is 2.68. The molecule has 4 aliphatic carbocycles. The molecule has 7 heteroatoms. The van der Waals surface area contributed by atoms with E-state index in [0.717, 1.165) is 38.5 Å². The second kappa shape index (κ2) is 9.94. The average molecular weight is 494 g/mol. The summed E-state index contributed by atoms with van der Waals surface area (Å²) in [6.07, 6.45) is 6.18. The van der Waals surface area contributed by atoms with Crippen LogP contribution in [0.4, 0.5) is 0 Å². The minimum absolute atomic E-state index is 0.0627. The minimum atomic E-state index is -1.01. The largest absolute Gasteiger partial charge is 0.480 e. The van der Waals surface area contributed by atoms with Crippen molar-refractivity contribution in [1.82, 2.24) is 5.32 Å². The summed E-state index contributed by atoms with van der Waals surface area (Å²) in [6.45, 7) is 8.47. The van der Waals surface area contributed by atoms with Crippen LogP contribution in [-0.2, 0) is 9.59 Å². The lowest BCUT2D eigenvalue weighted by molar-refractivity contribution is -0.207. The third-order valence-electron chi connectivity index (χ3n) is 11.4. The van der Waals surface area contributed by atoms with Crippen LogP contribution in [-0.4, -0.2) is 56.7 Å². The van der Waals surface area contributed by atoms with Gasteiger partial charge in [0.2, 0.25) is 5.91 Å². The first-order chi connectivity index (χ1) is 16.4. The number of aliphatic hydroxyl groups excluding tert-OH is 3. The molecule has 0 saturated heterocycles. The maximum Gasteiger partial charge on any atom is 0.326 e. The first-order valence-electron chi connectivity index (χ1n) is 14.0. The van der Waals surface area contributed by atoms with Crippen molar-refractivity contribution in [3.63, 3.8) is 0 Å². The van der Waals surface area contributed by atoms with Gasteiger partial charge in [0.15, 0.2) is 0 Å². The zero-order valence-corrected chi connectivity index (χ0v) is 21.9. The van der Waals surface area contributed by atoms with Crippen molar-refractivity contribution in [1.29, 1.82) is 0 Å². The van der Waals surface area contributed by atoms with Gasteiger partial charge in [0.05, 0.1) is 18.3 Å². The lowest BCUT2D eigenvalue weighted by Gasteiger charge is -2.63. The fourth-order valence-electron chi connectivity index (χ4n) is 9.30. The first-order valence-corrected chi connectivity index (χ1v) is 14.0. The number of aliphatic carboxylic acids is 1. The number of hydrogen-bond donors (Lipinski definition) is 5. The van der Waals surface area contributed by atoms with Crippen LogP contribution in [0.25, 0.3) is 0 Å². The van der Waals surface area contributed by atoms with Crippen LogP contribution in [0.2, 0.25) is 0 Å². The highest BCUT2D eigenvalue weighted by Gasteiger charge is 2.65. The minimum Gasteiger partial charge on any atom is -0.480 e. The number of nitrogens with one attached hydrogen (secondary N) is 1. The van der Waals surface area contributed by atoms with Crippen molar-refractivity contribution in [3.05, 3.63) is 0 Å². The number of rotatable bonds is 7. The fourth-order valence-corrected chi connectivity index (χ4v) is 9.30. The summed E-state index contributed by atoms with van der Waals surface area (Å²) in [6, 6.07) is -0.845.